The monoisotopic (exact) mass is 258 g/mol. The molecule has 1 saturated heterocycles. The molecule has 0 spiro atoms. The Hall–Kier alpha value is -1.63. The molecular weight excluding hydrogens is 240 g/mol. The van der Waals surface area contributed by atoms with Crippen molar-refractivity contribution in [1.29, 1.82) is 0 Å². The summed E-state index contributed by atoms with van der Waals surface area (Å²) >= 11 is 0. The number of ether oxygens (including phenoxy) is 1. The lowest BCUT2D eigenvalue weighted by Gasteiger charge is -2.21. The first-order chi connectivity index (χ1) is 8.50. The van der Waals surface area contributed by atoms with Crippen LogP contribution in [-0.2, 0) is 19.1 Å². The fourth-order valence-corrected chi connectivity index (χ4v) is 1.80. The topological polar surface area (TPSA) is 87.2 Å². The molecule has 7 nitrogen and oxygen atoms in total. The number of aliphatic carboxylic acids is 1. The predicted molar refractivity (Wildman–Crippen MR) is 61.9 cm³/mol. The summed E-state index contributed by atoms with van der Waals surface area (Å²) in [6.45, 7) is 3.00. The molecule has 102 valence electrons. The molecule has 0 unspecified atom stereocenters. The van der Waals surface area contributed by atoms with E-state index >= 15 is 0 Å². The Morgan fingerprint density at radius 3 is 2.28 bits per heavy atom. The van der Waals surface area contributed by atoms with Crippen LogP contribution in [0.5, 0.6) is 0 Å². The summed E-state index contributed by atoms with van der Waals surface area (Å²) in [7, 11) is 0. The van der Waals surface area contributed by atoms with Gasteiger partial charge in [0, 0.05) is 33.1 Å². The molecule has 0 saturated carbocycles. The highest BCUT2D eigenvalue weighted by Gasteiger charge is 2.20. The fraction of sp³-hybridized carbons (Fsp3) is 0.727. The van der Waals surface area contributed by atoms with Crippen LogP contribution < -0.4 is 0 Å². The number of nitrogens with zero attached hydrogens (tertiary/aromatic N) is 2. The predicted octanol–water partition coefficient (Wildman–Crippen LogP) is -0.832. The van der Waals surface area contributed by atoms with Crippen molar-refractivity contribution in [3.05, 3.63) is 0 Å². The van der Waals surface area contributed by atoms with Gasteiger partial charge in [0.25, 0.3) is 0 Å². The van der Waals surface area contributed by atoms with Crippen LogP contribution in [0.1, 0.15) is 13.3 Å². The molecule has 2 amide bonds. The molecule has 7 heteroatoms. The van der Waals surface area contributed by atoms with Gasteiger partial charge in [-0.3, -0.25) is 9.59 Å². The van der Waals surface area contributed by atoms with Crippen molar-refractivity contribution in [2.24, 2.45) is 0 Å². The summed E-state index contributed by atoms with van der Waals surface area (Å²) in [5, 5.41) is 8.38. The van der Waals surface area contributed by atoms with E-state index in [0.717, 1.165) is 6.42 Å². The van der Waals surface area contributed by atoms with E-state index in [4.69, 9.17) is 9.84 Å². The zero-order chi connectivity index (χ0) is 13.5. The summed E-state index contributed by atoms with van der Waals surface area (Å²) in [6.07, 6.45) is 0.726. The lowest BCUT2D eigenvalue weighted by atomic mass is 10.4. The normalized spacial score (nSPS) is 16.3. The summed E-state index contributed by atoms with van der Waals surface area (Å²) in [5.74, 6) is -1.32. The molecule has 0 aromatic rings. The van der Waals surface area contributed by atoms with Crippen molar-refractivity contribution in [2.75, 3.05) is 39.4 Å². The first-order valence-electron chi connectivity index (χ1n) is 5.83. The van der Waals surface area contributed by atoms with Crippen molar-refractivity contribution in [1.82, 2.24) is 9.80 Å². The first kappa shape index (κ1) is 14.4. The molecule has 1 rings (SSSR count). The largest absolute Gasteiger partial charge is 0.480 e. The molecule has 1 heterocycles. The smallest absolute Gasteiger partial charge is 0.329 e. The van der Waals surface area contributed by atoms with Crippen LogP contribution >= 0.6 is 0 Å². The van der Waals surface area contributed by atoms with E-state index in [9.17, 15) is 14.4 Å². The van der Waals surface area contributed by atoms with Crippen LogP contribution in [0.3, 0.4) is 0 Å². The summed E-state index contributed by atoms with van der Waals surface area (Å²) in [6, 6.07) is 0. The molecule has 0 aliphatic carbocycles. The maximum atomic E-state index is 11.7. The molecule has 0 aromatic heterocycles. The van der Waals surface area contributed by atoms with E-state index in [2.05, 4.69) is 0 Å². The Morgan fingerprint density at radius 2 is 1.67 bits per heavy atom. The van der Waals surface area contributed by atoms with Gasteiger partial charge in [-0.1, -0.05) is 0 Å². The molecule has 1 N–H and O–H groups in total. The third kappa shape index (κ3) is 4.70. The number of hydrogen-bond acceptors (Lipinski definition) is 4. The van der Waals surface area contributed by atoms with Gasteiger partial charge in [-0.2, -0.15) is 0 Å². The zero-order valence-corrected chi connectivity index (χ0v) is 10.4. The summed E-state index contributed by atoms with van der Waals surface area (Å²) in [4.78, 5) is 36.5. The van der Waals surface area contributed by atoms with Gasteiger partial charge in [0.15, 0.2) is 0 Å². The molecule has 0 aromatic carbocycles. The third-order valence-corrected chi connectivity index (χ3v) is 2.75. The SMILES string of the molecule is CC(=O)N1CCCN(C(=O)COCC(=O)O)CC1. The highest BCUT2D eigenvalue weighted by molar-refractivity contribution is 5.78. The van der Waals surface area contributed by atoms with E-state index in [1.807, 2.05) is 0 Å². The van der Waals surface area contributed by atoms with Crippen LogP contribution in [-0.4, -0.2) is 72.1 Å². The standard InChI is InChI=1S/C11H18N2O5/c1-9(14)12-3-2-4-13(6-5-12)10(15)7-18-8-11(16)17/h2-8H2,1H3,(H,16,17). The Bertz CT molecular complexity index is 331. The van der Waals surface area contributed by atoms with Crippen LogP contribution in [0, 0.1) is 0 Å². The van der Waals surface area contributed by atoms with Gasteiger partial charge in [-0.05, 0) is 6.42 Å². The molecule has 18 heavy (non-hydrogen) atoms. The van der Waals surface area contributed by atoms with Gasteiger partial charge in [0.2, 0.25) is 11.8 Å². The van der Waals surface area contributed by atoms with Gasteiger partial charge in [0.05, 0.1) is 0 Å². The minimum absolute atomic E-state index is 0.00595. The second-order valence-electron chi connectivity index (χ2n) is 4.13. The highest BCUT2D eigenvalue weighted by Crippen LogP contribution is 2.04. The molecule has 1 aliphatic heterocycles. The second kappa shape index (κ2) is 6.95. The average Bonchev–Trinajstić information content (AvgIpc) is 2.53. The second-order valence-corrected chi connectivity index (χ2v) is 4.13. The quantitative estimate of drug-likeness (QED) is 0.711. The van der Waals surface area contributed by atoms with Gasteiger partial charge in [-0.25, -0.2) is 4.79 Å². The minimum Gasteiger partial charge on any atom is -0.480 e. The fourth-order valence-electron chi connectivity index (χ4n) is 1.80. The van der Waals surface area contributed by atoms with E-state index in [0.29, 0.717) is 26.2 Å². The molecule has 0 radical (unpaired) electrons. The van der Waals surface area contributed by atoms with Gasteiger partial charge in [0.1, 0.15) is 13.2 Å². The Morgan fingerprint density at radius 1 is 1.06 bits per heavy atom. The number of carboxylic acids is 1. The van der Waals surface area contributed by atoms with Crippen LogP contribution in [0.15, 0.2) is 0 Å². The lowest BCUT2D eigenvalue weighted by molar-refractivity contribution is -0.146. The van der Waals surface area contributed by atoms with Crippen molar-refractivity contribution < 1.29 is 24.2 Å². The molecule has 0 bridgehead atoms. The van der Waals surface area contributed by atoms with Crippen molar-refractivity contribution in [3.63, 3.8) is 0 Å². The summed E-state index contributed by atoms with van der Waals surface area (Å²) < 4.78 is 4.75. The number of carboxylic acid groups (broad SMARTS) is 1. The Balaban J connectivity index is 2.35. The van der Waals surface area contributed by atoms with Crippen molar-refractivity contribution >= 4 is 17.8 Å². The van der Waals surface area contributed by atoms with E-state index < -0.39 is 12.6 Å². The minimum atomic E-state index is -1.10. The van der Waals surface area contributed by atoms with Gasteiger partial charge >= 0.3 is 5.97 Å². The maximum absolute atomic E-state index is 11.7. The Kier molecular flexibility index (Phi) is 5.57. The van der Waals surface area contributed by atoms with E-state index in [1.165, 1.54) is 6.92 Å². The number of hydrogen-bond donors (Lipinski definition) is 1. The van der Waals surface area contributed by atoms with Crippen molar-refractivity contribution in [2.45, 2.75) is 13.3 Å². The van der Waals surface area contributed by atoms with Crippen LogP contribution in [0.2, 0.25) is 0 Å². The van der Waals surface area contributed by atoms with Crippen molar-refractivity contribution in [3.8, 4) is 0 Å². The number of carbonyl (C=O) groups excluding carboxylic acids is 2. The van der Waals surface area contributed by atoms with Crippen LogP contribution in [0.25, 0.3) is 0 Å². The van der Waals surface area contributed by atoms with Crippen LogP contribution in [0.4, 0.5) is 0 Å². The summed E-state index contributed by atoms with van der Waals surface area (Å²) in [5.41, 5.74) is 0. The van der Waals surface area contributed by atoms with Gasteiger partial charge in [-0.15, -0.1) is 0 Å². The first-order valence-corrected chi connectivity index (χ1v) is 5.83. The molecular formula is C11H18N2O5. The number of rotatable bonds is 4. The highest BCUT2D eigenvalue weighted by atomic mass is 16.5. The number of amides is 2. The van der Waals surface area contributed by atoms with E-state index in [1.54, 1.807) is 9.80 Å². The Labute approximate surface area is 105 Å². The lowest BCUT2D eigenvalue weighted by Crippen LogP contribution is -2.38. The van der Waals surface area contributed by atoms with E-state index in [-0.39, 0.29) is 18.4 Å². The third-order valence-electron chi connectivity index (χ3n) is 2.75. The van der Waals surface area contributed by atoms with Gasteiger partial charge < -0.3 is 19.6 Å². The zero-order valence-electron chi connectivity index (χ0n) is 10.4. The average molecular weight is 258 g/mol. The maximum Gasteiger partial charge on any atom is 0.329 e. The number of carbonyl (C=O) groups is 3. The molecule has 1 fully saturated rings. The molecule has 1 aliphatic rings. The molecule has 0 atom stereocenters.